The molecule has 0 saturated carbocycles. The highest BCUT2D eigenvalue weighted by Gasteiger charge is 2.49. The van der Waals surface area contributed by atoms with Crippen LogP contribution in [0, 0.1) is 6.92 Å². The minimum atomic E-state index is -1.15. The third-order valence-electron chi connectivity index (χ3n) is 14.3. The molecule has 8 bridgehead atoms. The lowest BCUT2D eigenvalue weighted by molar-refractivity contribution is -0.292. The average Bonchev–Trinajstić information content (AvgIpc) is 3.97. The van der Waals surface area contributed by atoms with Crippen molar-refractivity contribution in [2.75, 3.05) is 85.6 Å². The normalized spacial score (nSPS) is 38.3. The van der Waals surface area contributed by atoms with Gasteiger partial charge in [0.15, 0.2) is 25.2 Å². The molecule has 0 spiro atoms. The van der Waals surface area contributed by atoms with Crippen LogP contribution in [-0.2, 0) is 69.9 Å². The van der Waals surface area contributed by atoms with Crippen molar-refractivity contribution in [2.45, 2.75) is 175 Å². The zero-order valence-electron chi connectivity index (χ0n) is 45.0. The number of likely N-dealkylation sites (N-methyl/N-ethyl adjacent to an activating group) is 1. The Morgan fingerprint density at radius 2 is 0.772 bits per heavy atom. The van der Waals surface area contributed by atoms with Crippen LogP contribution in [0.4, 0.5) is 0 Å². The van der Waals surface area contributed by atoms with Crippen LogP contribution in [0.2, 0.25) is 0 Å². The van der Waals surface area contributed by atoms with E-state index in [1.807, 2.05) is 37.3 Å². The van der Waals surface area contributed by atoms with Gasteiger partial charge in [-0.1, -0.05) is 72.2 Å². The Hall–Kier alpha value is -3.17. The van der Waals surface area contributed by atoms with Crippen molar-refractivity contribution in [3.63, 3.8) is 0 Å². The second-order valence-electron chi connectivity index (χ2n) is 20.3. The highest BCUT2D eigenvalue weighted by atomic mass is 16.7. The van der Waals surface area contributed by atoms with Crippen LogP contribution in [0.15, 0.2) is 59.7 Å². The summed E-state index contributed by atoms with van der Waals surface area (Å²) in [7, 11) is 0. The standard InChI is InChI=1S/C17H25NO5.C16H23NO5.C11H21NO5.C9H15N3O5/c1-11-3-5-12(6-4-11)9-18-10-13-16-14(19)15(20)17(23-13)22-8-2-7-21-16;18-13-14(19)16-21-8-4-7-20-15(13)12(22-16)10-17-9-11-5-2-1-3-6-11;1-2-12-6-7-10-8(13)9(14)11(17-7)16-5-3-4-15-10;10-12-11-4-5-8-6(13)7(14)9(17-5)16-3-1-2-15-8/h3-6,13-20H,2,7-10H2,1H3;1-3,5-6,12-19H,4,7-10H2;7-14H,2-6H2,1H3;5-9,13-14H,1-4H2. The van der Waals surface area contributed by atoms with Crippen LogP contribution in [0.25, 0.3) is 10.4 Å². The number of azide groups is 1. The summed E-state index contributed by atoms with van der Waals surface area (Å²) in [4.78, 5) is 2.64. The van der Waals surface area contributed by atoms with E-state index in [0.29, 0.717) is 92.0 Å². The maximum Gasteiger partial charge on any atom is 0.186 e. The van der Waals surface area contributed by atoms with Crippen LogP contribution >= 0.6 is 0 Å². The smallest absolute Gasteiger partial charge is 0.186 e. The summed E-state index contributed by atoms with van der Waals surface area (Å²) in [6.07, 6.45) is -12.7. The number of hydrogen-bond acceptors (Lipinski definition) is 24. The van der Waals surface area contributed by atoms with Crippen LogP contribution in [0.3, 0.4) is 0 Å². The van der Waals surface area contributed by atoms with E-state index in [1.54, 1.807) is 0 Å². The van der Waals surface area contributed by atoms with Gasteiger partial charge in [0, 0.05) is 64.1 Å². The fourth-order valence-corrected chi connectivity index (χ4v) is 9.97. The number of fused-ring (bicyclic) bond motifs is 24. The van der Waals surface area contributed by atoms with E-state index >= 15 is 0 Å². The molecule has 20 atom stereocenters. The van der Waals surface area contributed by atoms with E-state index in [2.05, 4.69) is 57.2 Å². The quantitative estimate of drug-likeness (QED) is 0.0635. The first-order valence-electron chi connectivity index (χ1n) is 27.6. The maximum absolute atomic E-state index is 10.3. The van der Waals surface area contributed by atoms with Crippen molar-refractivity contribution in [1.82, 2.24) is 16.0 Å². The molecule has 79 heavy (non-hydrogen) atoms. The Morgan fingerprint density at radius 1 is 0.443 bits per heavy atom. The Labute approximate surface area is 460 Å². The molecule has 2 aromatic rings. The van der Waals surface area contributed by atoms with Gasteiger partial charge in [-0.2, -0.15) is 0 Å². The summed E-state index contributed by atoms with van der Waals surface area (Å²) < 4.78 is 66.8. The Morgan fingerprint density at radius 3 is 1.14 bits per heavy atom. The van der Waals surface area contributed by atoms with Crippen LogP contribution in [-0.4, -0.2) is 249 Å². The van der Waals surface area contributed by atoms with Gasteiger partial charge in [-0.05, 0) is 55.8 Å². The number of benzene rings is 2. The molecule has 12 heterocycles. The number of aryl methyl sites for hydroxylation is 1. The van der Waals surface area contributed by atoms with E-state index < -0.39 is 105 Å². The van der Waals surface area contributed by atoms with Crippen LogP contribution < -0.4 is 16.0 Å². The van der Waals surface area contributed by atoms with Gasteiger partial charge in [0.1, 0.15) is 91.6 Å². The maximum atomic E-state index is 10.3. The minimum absolute atomic E-state index is 0.0325. The Balaban J connectivity index is 0.000000154. The number of nitrogens with one attached hydrogen (secondary N) is 3. The lowest BCUT2D eigenvalue weighted by Gasteiger charge is -2.41. The molecule has 0 amide bonds. The highest BCUT2D eigenvalue weighted by molar-refractivity contribution is 5.21. The summed E-state index contributed by atoms with van der Waals surface area (Å²) in [5.41, 5.74) is 11.9. The van der Waals surface area contributed by atoms with Gasteiger partial charge < -0.3 is 114 Å². The average molecular weight is 1130 g/mol. The summed E-state index contributed by atoms with van der Waals surface area (Å²) in [5, 5.41) is 93.2. The first-order valence-corrected chi connectivity index (χ1v) is 27.6. The number of hydrogen-bond donors (Lipinski definition) is 11. The van der Waals surface area contributed by atoms with Crippen LogP contribution in [0.5, 0.6) is 0 Å². The Kier molecular flexibility index (Phi) is 26.7. The molecule has 446 valence electrons. The molecule has 14 rings (SSSR count). The summed E-state index contributed by atoms with van der Waals surface area (Å²) >= 11 is 0. The molecular formula is C53H84N6O20. The van der Waals surface area contributed by atoms with Gasteiger partial charge in [0.25, 0.3) is 0 Å². The third-order valence-corrected chi connectivity index (χ3v) is 14.3. The third kappa shape index (κ3) is 18.4. The molecule has 12 aliphatic rings. The molecule has 26 nitrogen and oxygen atoms in total. The predicted octanol–water partition coefficient (Wildman–Crippen LogP) is -1.24. The van der Waals surface area contributed by atoms with Gasteiger partial charge in [0.2, 0.25) is 0 Å². The second-order valence-corrected chi connectivity index (χ2v) is 20.3. The predicted molar refractivity (Wildman–Crippen MR) is 278 cm³/mol. The lowest BCUT2D eigenvalue weighted by atomic mass is 9.98. The van der Waals surface area contributed by atoms with Gasteiger partial charge in [-0.3, -0.25) is 0 Å². The van der Waals surface area contributed by atoms with Gasteiger partial charge in [0.05, 0.1) is 39.1 Å². The fraction of sp³-hybridized carbons (Fsp3) is 0.774. The van der Waals surface area contributed by atoms with E-state index in [1.165, 1.54) is 16.7 Å². The monoisotopic (exact) mass is 1120 g/mol. The number of ether oxygens (including phenoxy) is 12. The number of rotatable bonds is 13. The first-order chi connectivity index (χ1) is 38.4. The summed E-state index contributed by atoms with van der Waals surface area (Å²) in [6, 6.07) is 18.4. The van der Waals surface area contributed by atoms with E-state index in [0.717, 1.165) is 25.8 Å². The largest absolute Gasteiger partial charge is 0.387 e. The van der Waals surface area contributed by atoms with Crippen LogP contribution in [0.1, 0.15) is 49.3 Å². The first kappa shape index (κ1) is 63.4. The van der Waals surface area contributed by atoms with E-state index in [9.17, 15) is 40.9 Å². The molecule has 12 saturated heterocycles. The van der Waals surface area contributed by atoms with E-state index in [4.69, 9.17) is 62.4 Å². The minimum Gasteiger partial charge on any atom is -0.387 e. The fourth-order valence-electron chi connectivity index (χ4n) is 9.97. The second kappa shape index (κ2) is 33.2. The zero-order valence-corrected chi connectivity index (χ0v) is 45.0. The van der Waals surface area contributed by atoms with Crippen molar-refractivity contribution < 1.29 is 97.7 Å². The molecule has 11 N–H and O–H groups in total. The van der Waals surface area contributed by atoms with Crippen molar-refractivity contribution in [3.05, 3.63) is 81.7 Å². The molecule has 20 unspecified atom stereocenters. The Bertz CT molecular complexity index is 2050. The molecule has 0 radical (unpaired) electrons. The number of aliphatic hydroxyl groups is 8. The van der Waals surface area contributed by atoms with E-state index in [-0.39, 0.29) is 24.9 Å². The molecule has 12 fully saturated rings. The van der Waals surface area contributed by atoms with Crippen molar-refractivity contribution in [1.29, 1.82) is 0 Å². The van der Waals surface area contributed by atoms with Gasteiger partial charge in [-0.25, -0.2) is 0 Å². The number of aliphatic hydroxyl groups excluding tert-OH is 8. The van der Waals surface area contributed by atoms with Gasteiger partial charge in [-0.15, -0.1) is 0 Å². The number of nitrogens with zero attached hydrogens (tertiary/aromatic N) is 3. The summed E-state index contributed by atoms with van der Waals surface area (Å²) in [5.74, 6) is 0. The SMILES string of the molecule is CCNCC1OC2OCCCOC1C(O)C2O.Cc1ccc(CNCC2OC3OCCCOC2C(O)C3O)cc1.OC1C2OCCCOC(C(CNCc3ccccc3)O2)C1O.[N-]=[N+]=NCC1OC2OCCCOC1C(O)C2O. The highest BCUT2D eigenvalue weighted by Crippen LogP contribution is 2.30. The molecular weight excluding hydrogens is 1040 g/mol. The molecule has 12 aliphatic heterocycles. The molecule has 26 heteroatoms. The molecule has 0 aliphatic carbocycles. The van der Waals surface area contributed by atoms with Gasteiger partial charge >= 0.3 is 0 Å². The lowest BCUT2D eigenvalue weighted by Crippen LogP contribution is -2.60. The van der Waals surface area contributed by atoms with Crippen molar-refractivity contribution in [3.8, 4) is 0 Å². The van der Waals surface area contributed by atoms with Crippen molar-refractivity contribution >= 4 is 0 Å². The van der Waals surface area contributed by atoms with Crippen molar-refractivity contribution in [2.24, 2.45) is 5.11 Å². The zero-order chi connectivity index (χ0) is 56.1. The molecule has 0 aromatic heterocycles. The summed E-state index contributed by atoms with van der Waals surface area (Å²) in [6.45, 7) is 11.6. The topological polar surface area (TPSA) is 357 Å². The molecule has 2 aromatic carbocycles.